The van der Waals surface area contributed by atoms with Crippen molar-refractivity contribution in [1.29, 1.82) is 0 Å². The van der Waals surface area contributed by atoms with Gasteiger partial charge in [-0.2, -0.15) is 0 Å². The van der Waals surface area contributed by atoms with Crippen LogP contribution < -0.4 is 5.32 Å². The molecule has 2 N–H and O–H groups in total. The predicted molar refractivity (Wildman–Crippen MR) is 74.6 cm³/mol. The highest BCUT2D eigenvalue weighted by atomic mass is 16.3. The third-order valence-electron chi connectivity index (χ3n) is 3.18. The van der Waals surface area contributed by atoms with Crippen molar-refractivity contribution in [2.45, 2.75) is 27.7 Å². The van der Waals surface area contributed by atoms with Crippen molar-refractivity contribution in [1.82, 2.24) is 4.98 Å². The first-order chi connectivity index (χ1) is 8.49. The maximum Gasteiger partial charge on any atom is 0.140 e. The second-order valence-corrected chi connectivity index (χ2v) is 4.64. The lowest BCUT2D eigenvalue weighted by atomic mass is 10.1. The summed E-state index contributed by atoms with van der Waals surface area (Å²) < 4.78 is 0. The van der Waals surface area contributed by atoms with Crippen LogP contribution in [0.1, 0.15) is 22.4 Å². The van der Waals surface area contributed by atoms with Gasteiger partial charge in [-0.25, -0.2) is 4.98 Å². The molecule has 0 aliphatic heterocycles. The fourth-order valence-corrected chi connectivity index (χ4v) is 1.91. The number of anilines is 2. The van der Waals surface area contributed by atoms with Crippen molar-refractivity contribution in [2.24, 2.45) is 0 Å². The van der Waals surface area contributed by atoms with Crippen LogP contribution in [0.5, 0.6) is 5.75 Å². The molecule has 1 heterocycles. The molecule has 0 aliphatic rings. The van der Waals surface area contributed by atoms with E-state index in [9.17, 15) is 5.11 Å². The molecule has 0 amide bonds. The maximum atomic E-state index is 9.83. The van der Waals surface area contributed by atoms with Crippen LogP contribution in [0, 0.1) is 27.7 Å². The summed E-state index contributed by atoms with van der Waals surface area (Å²) in [6.07, 6.45) is 0. The molecule has 1 aromatic heterocycles. The summed E-state index contributed by atoms with van der Waals surface area (Å²) in [4.78, 5) is 4.40. The number of rotatable bonds is 2. The Balaban J connectivity index is 2.41. The maximum absolute atomic E-state index is 9.83. The lowest BCUT2D eigenvalue weighted by molar-refractivity contribution is 0.463. The van der Waals surface area contributed by atoms with Crippen LogP contribution in [0.15, 0.2) is 24.3 Å². The van der Waals surface area contributed by atoms with E-state index in [-0.39, 0.29) is 5.75 Å². The highest BCUT2D eigenvalue weighted by Gasteiger charge is 2.10. The number of benzene rings is 1. The van der Waals surface area contributed by atoms with Gasteiger partial charge < -0.3 is 10.4 Å². The van der Waals surface area contributed by atoms with E-state index >= 15 is 0 Å². The molecule has 0 aliphatic carbocycles. The van der Waals surface area contributed by atoms with Gasteiger partial charge in [-0.05, 0) is 56.5 Å². The molecule has 0 spiro atoms. The zero-order valence-electron chi connectivity index (χ0n) is 11.2. The molecule has 0 radical (unpaired) electrons. The van der Waals surface area contributed by atoms with E-state index in [0.717, 1.165) is 22.6 Å². The molecule has 0 saturated carbocycles. The van der Waals surface area contributed by atoms with Crippen molar-refractivity contribution in [2.75, 3.05) is 5.32 Å². The SMILES string of the molecule is Cc1cccc(Nc2nc(C)c(O)c(C)c2C)c1. The third-order valence-corrected chi connectivity index (χ3v) is 3.18. The van der Waals surface area contributed by atoms with Crippen LogP contribution in [-0.2, 0) is 0 Å². The number of aryl methyl sites for hydroxylation is 2. The molecule has 0 saturated heterocycles. The van der Waals surface area contributed by atoms with Crippen molar-refractivity contribution < 1.29 is 5.11 Å². The largest absolute Gasteiger partial charge is 0.506 e. The van der Waals surface area contributed by atoms with Gasteiger partial charge >= 0.3 is 0 Å². The smallest absolute Gasteiger partial charge is 0.140 e. The summed E-state index contributed by atoms with van der Waals surface area (Å²) in [6, 6.07) is 8.14. The fourth-order valence-electron chi connectivity index (χ4n) is 1.91. The normalized spacial score (nSPS) is 10.4. The highest BCUT2D eigenvalue weighted by molar-refractivity contribution is 5.63. The molecule has 0 atom stereocenters. The van der Waals surface area contributed by atoms with Crippen molar-refractivity contribution in [3.05, 3.63) is 46.6 Å². The minimum Gasteiger partial charge on any atom is -0.506 e. The first-order valence-corrected chi connectivity index (χ1v) is 5.99. The number of nitrogens with zero attached hydrogens (tertiary/aromatic N) is 1. The Bertz CT molecular complexity index is 591. The molecule has 18 heavy (non-hydrogen) atoms. The van der Waals surface area contributed by atoms with E-state index in [1.165, 1.54) is 5.56 Å². The third kappa shape index (κ3) is 2.30. The van der Waals surface area contributed by atoms with E-state index in [0.29, 0.717) is 5.69 Å². The summed E-state index contributed by atoms with van der Waals surface area (Å²) in [5, 5.41) is 13.1. The number of aromatic hydroxyl groups is 1. The Morgan fingerprint density at radius 3 is 2.44 bits per heavy atom. The van der Waals surface area contributed by atoms with Gasteiger partial charge in [-0.3, -0.25) is 0 Å². The molecule has 94 valence electrons. The van der Waals surface area contributed by atoms with E-state index in [1.807, 2.05) is 32.9 Å². The monoisotopic (exact) mass is 242 g/mol. The summed E-state index contributed by atoms with van der Waals surface area (Å²) >= 11 is 0. The van der Waals surface area contributed by atoms with Gasteiger partial charge in [0.05, 0.1) is 5.69 Å². The molecular formula is C15H18N2O. The van der Waals surface area contributed by atoms with E-state index in [2.05, 4.69) is 29.4 Å². The van der Waals surface area contributed by atoms with Crippen LogP contribution in [-0.4, -0.2) is 10.1 Å². The summed E-state index contributed by atoms with van der Waals surface area (Å²) in [7, 11) is 0. The summed E-state index contributed by atoms with van der Waals surface area (Å²) in [6.45, 7) is 7.72. The van der Waals surface area contributed by atoms with Gasteiger partial charge in [0.25, 0.3) is 0 Å². The zero-order chi connectivity index (χ0) is 13.3. The number of hydrogen-bond donors (Lipinski definition) is 2. The topological polar surface area (TPSA) is 45.2 Å². The summed E-state index contributed by atoms with van der Waals surface area (Å²) in [5.74, 6) is 1.08. The molecule has 2 rings (SSSR count). The Morgan fingerprint density at radius 1 is 1.06 bits per heavy atom. The Hall–Kier alpha value is -2.03. The van der Waals surface area contributed by atoms with E-state index < -0.39 is 0 Å². The average Bonchev–Trinajstić information content (AvgIpc) is 2.33. The molecular weight excluding hydrogens is 224 g/mol. The second-order valence-electron chi connectivity index (χ2n) is 4.64. The molecule has 0 fully saturated rings. The predicted octanol–water partition coefficient (Wildman–Crippen LogP) is 3.76. The fraction of sp³-hybridized carbons (Fsp3) is 0.267. The van der Waals surface area contributed by atoms with Gasteiger partial charge in [0.2, 0.25) is 0 Å². The van der Waals surface area contributed by atoms with Crippen molar-refractivity contribution >= 4 is 11.5 Å². The summed E-state index contributed by atoms with van der Waals surface area (Å²) in [5.41, 5.74) is 4.70. The highest BCUT2D eigenvalue weighted by Crippen LogP contribution is 2.29. The number of pyridine rings is 1. The minimum atomic E-state index is 0.280. The second kappa shape index (κ2) is 4.69. The van der Waals surface area contributed by atoms with Gasteiger partial charge in [0.1, 0.15) is 11.6 Å². The average molecular weight is 242 g/mol. The zero-order valence-corrected chi connectivity index (χ0v) is 11.2. The molecule has 1 aromatic carbocycles. The molecule has 3 heteroatoms. The van der Waals surface area contributed by atoms with Crippen LogP contribution in [0.3, 0.4) is 0 Å². The quantitative estimate of drug-likeness (QED) is 0.842. The van der Waals surface area contributed by atoms with Crippen LogP contribution >= 0.6 is 0 Å². The lowest BCUT2D eigenvalue weighted by Crippen LogP contribution is -2.01. The lowest BCUT2D eigenvalue weighted by Gasteiger charge is -2.14. The Kier molecular flexibility index (Phi) is 3.24. The first kappa shape index (κ1) is 12.4. The van der Waals surface area contributed by atoms with E-state index in [1.54, 1.807) is 0 Å². The molecule has 3 nitrogen and oxygen atoms in total. The van der Waals surface area contributed by atoms with Crippen LogP contribution in [0.25, 0.3) is 0 Å². The van der Waals surface area contributed by atoms with Gasteiger partial charge in [-0.1, -0.05) is 12.1 Å². The Labute approximate surface area is 108 Å². The number of nitrogens with one attached hydrogen (secondary N) is 1. The standard InChI is InChI=1S/C15H18N2O/c1-9-6-5-7-13(8-9)17-15-11(3)10(2)14(18)12(4)16-15/h5-8,18H,1-4H3,(H,16,17). The molecule has 0 bridgehead atoms. The van der Waals surface area contributed by atoms with Gasteiger partial charge in [-0.15, -0.1) is 0 Å². The van der Waals surface area contributed by atoms with Crippen molar-refractivity contribution in [3.8, 4) is 5.75 Å². The number of aromatic nitrogens is 1. The van der Waals surface area contributed by atoms with E-state index in [4.69, 9.17) is 0 Å². The van der Waals surface area contributed by atoms with Crippen LogP contribution in [0.4, 0.5) is 11.5 Å². The molecule has 0 unspecified atom stereocenters. The number of hydrogen-bond acceptors (Lipinski definition) is 3. The van der Waals surface area contributed by atoms with Crippen molar-refractivity contribution in [3.63, 3.8) is 0 Å². The van der Waals surface area contributed by atoms with Gasteiger partial charge in [0, 0.05) is 5.69 Å². The first-order valence-electron chi connectivity index (χ1n) is 5.99. The van der Waals surface area contributed by atoms with Crippen LogP contribution in [0.2, 0.25) is 0 Å². The molecule has 2 aromatic rings. The minimum absolute atomic E-state index is 0.280. The van der Waals surface area contributed by atoms with Gasteiger partial charge in [0.15, 0.2) is 0 Å². The Morgan fingerprint density at radius 2 is 1.78 bits per heavy atom.